The predicted octanol–water partition coefficient (Wildman–Crippen LogP) is -0.153. The minimum absolute atomic E-state index is 0.0880. The van der Waals surface area contributed by atoms with E-state index in [-0.39, 0.29) is 35.5 Å². The zero-order valence-electron chi connectivity index (χ0n) is 12.9. The predicted molar refractivity (Wildman–Crippen MR) is 89.5 cm³/mol. The Morgan fingerprint density at radius 3 is 3.00 bits per heavy atom. The molecule has 5 nitrogen and oxygen atoms in total. The van der Waals surface area contributed by atoms with Crippen LogP contribution in [0.4, 0.5) is 0 Å². The second-order valence-corrected chi connectivity index (χ2v) is 18.5. The molecular weight excluding hydrogens is 512 g/mol. The third kappa shape index (κ3) is 6.81. The number of cyclic esters (lactones) is 1. The van der Waals surface area contributed by atoms with Crippen LogP contribution in [0.5, 0.6) is 0 Å². The van der Waals surface area contributed by atoms with Crippen molar-refractivity contribution in [1.82, 2.24) is 1.74 Å². The molecule has 0 aromatic carbocycles. The molecule has 2 N–H and O–H groups in total. The molecule has 2 aliphatic rings. The van der Waals surface area contributed by atoms with Gasteiger partial charge in [-0.2, -0.15) is 0 Å². The zero-order valence-corrected chi connectivity index (χ0v) is 17.2. The number of hydrogen-bond acceptors (Lipinski definition) is 5. The van der Waals surface area contributed by atoms with Crippen molar-refractivity contribution in [2.75, 3.05) is 6.61 Å². The number of carbonyl (C=O) groups is 1. The summed E-state index contributed by atoms with van der Waals surface area (Å²) in [5.74, 6) is -0.0421. The van der Waals surface area contributed by atoms with Gasteiger partial charge in [0, 0.05) is 0 Å². The Kier molecular flexibility index (Phi) is 8.09. The number of aliphatic hydroxyl groups is 1. The first-order valence-electron chi connectivity index (χ1n) is 7.51. The molecule has 0 amide bonds. The van der Waals surface area contributed by atoms with Crippen molar-refractivity contribution in [3.8, 4) is 0 Å². The molecule has 1 fully saturated rings. The van der Waals surface area contributed by atoms with Crippen LogP contribution < -0.4 is 19.2 Å². The number of halogens is 2. The van der Waals surface area contributed by atoms with Gasteiger partial charge in [0.2, 0.25) is 0 Å². The Hall–Kier alpha value is 0.290. The van der Waals surface area contributed by atoms with Gasteiger partial charge in [0.05, 0.1) is 0 Å². The fourth-order valence-electron chi connectivity index (χ4n) is 2.31. The molecule has 0 aromatic heterocycles. The Morgan fingerprint density at radius 2 is 2.27 bits per heavy atom. The summed E-state index contributed by atoms with van der Waals surface area (Å²) < 4.78 is 14.7. The molecule has 0 saturated carbocycles. The molecule has 0 aliphatic carbocycles. The van der Waals surface area contributed by atoms with Gasteiger partial charge in [-0.3, -0.25) is 0 Å². The SMILES string of the molecule is C/C1=C/[C@@H](C)[C@H](OI2N[I-]2)[C@@H](O)/C=C/CCCCC(=O)OC1. The van der Waals surface area contributed by atoms with E-state index in [9.17, 15) is 9.90 Å². The summed E-state index contributed by atoms with van der Waals surface area (Å²) in [6.45, 7) is 4.34. The summed E-state index contributed by atoms with van der Waals surface area (Å²) in [5.41, 5.74) is 1.00. The van der Waals surface area contributed by atoms with Crippen LogP contribution in [0.1, 0.15) is 39.5 Å². The topological polar surface area (TPSA) is 77.7 Å². The molecule has 22 heavy (non-hydrogen) atoms. The summed E-state index contributed by atoms with van der Waals surface area (Å²) >= 11 is -1.21. The molecule has 0 aromatic rings. The van der Waals surface area contributed by atoms with E-state index in [4.69, 9.17) is 7.80 Å². The van der Waals surface area contributed by atoms with Crippen LogP contribution in [-0.4, -0.2) is 29.9 Å². The molecule has 2 aliphatic heterocycles. The Balaban J connectivity index is 2.07. The fourth-order valence-corrected chi connectivity index (χ4v) is 9.88. The Bertz CT molecular complexity index is 437. The van der Waals surface area contributed by atoms with Gasteiger partial charge in [-0.1, -0.05) is 0 Å². The summed E-state index contributed by atoms with van der Waals surface area (Å²) in [4.78, 5) is 11.6. The van der Waals surface area contributed by atoms with E-state index >= 15 is 0 Å². The van der Waals surface area contributed by atoms with Crippen LogP contribution in [-0.2, 0) is 12.6 Å². The van der Waals surface area contributed by atoms with E-state index in [1.807, 2.05) is 19.1 Å². The fraction of sp³-hybridized carbons (Fsp3) is 0.667. The van der Waals surface area contributed by atoms with Crippen molar-refractivity contribution in [1.29, 1.82) is 0 Å². The van der Waals surface area contributed by atoms with Gasteiger partial charge in [0.1, 0.15) is 0 Å². The van der Waals surface area contributed by atoms with E-state index in [0.29, 0.717) is 13.0 Å². The second-order valence-electron chi connectivity index (χ2n) is 5.60. The van der Waals surface area contributed by atoms with E-state index in [2.05, 4.69) is 14.7 Å². The van der Waals surface area contributed by atoms with Crippen LogP contribution in [0.2, 0.25) is 0 Å². The zero-order chi connectivity index (χ0) is 15.9. The molecule has 2 rings (SSSR count). The number of hydrogen-bond donors (Lipinski definition) is 2. The second kappa shape index (κ2) is 9.55. The average Bonchev–Trinajstić information content (AvgIpc) is 3.29. The first kappa shape index (κ1) is 18.6. The molecule has 1 saturated heterocycles. The van der Waals surface area contributed by atoms with Crippen LogP contribution in [0.25, 0.3) is 0 Å². The van der Waals surface area contributed by atoms with Gasteiger partial charge in [0.25, 0.3) is 0 Å². The Labute approximate surface area is 146 Å². The molecule has 128 valence electrons. The summed E-state index contributed by atoms with van der Waals surface area (Å²) in [6, 6.07) is 0. The first-order chi connectivity index (χ1) is 10.6. The number of allylic oxidation sites excluding steroid dienone is 1. The summed E-state index contributed by atoms with van der Waals surface area (Å²) in [7, 11) is 0. The molecule has 2 heterocycles. The number of nitrogens with one attached hydrogen (secondary N) is 1. The summed E-state index contributed by atoms with van der Waals surface area (Å²) in [5, 5.41) is 10.4. The molecule has 0 bridgehead atoms. The number of ether oxygens (including phenoxy) is 1. The van der Waals surface area contributed by atoms with Crippen molar-refractivity contribution < 1.29 is 35.2 Å². The van der Waals surface area contributed by atoms with E-state index in [0.717, 1.165) is 24.8 Å². The summed E-state index contributed by atoms with van der Waals surface area (Å²) in [6.07, 6.45) is 8.22. The van der Waals surface area contributed by atoms with Gasteiger partial charge in [-0.25, -0.2) is 0 Å². The van der Waals surface area contributed by atoms with Crippen LogP contribution in [0.15, 0.2) is 23.8 Å². The third-order valence-electron chi connectivity index (χ3n) is 3.51. The Morgan fingerprint density at radius 1 is 1.50 bits per heavy atom. The molecule has 0 radical (unpaired) electrons. The van der Waals surface area contributed by atoms with Crippen molar-refractivity contribution in [2.24, 2.45) is 5.92 Å². The van der Waals surface area contributed by atoms with Crippen molar-refractivity contribution in [3.05, 3.63) is 23.8 Å². The van der Waals surface area contributed by atoms with Crippen LogP contribution in [0.3, 0.4) is 0 Å². The number of esters is 1. The van der Waals surface area contributed by atoms with E-state index in [1.165, 1.54) is 0 Å². The van der Waals surface area contributed by atoms with Crippen molar-refractivity contribution in [2.45, 2.75) is 51.7 Å². The average molecular weight is 536 g/mol. The quantitative estimate of drug-likeness (QED) is 0.169. The maximum absolute atomic E-state index is 11.6. The van der Waals surface area contributed by atoms with Gasteiger partial charge >= 0.3 is 148 Å². The van der Waals surface area contributed by atoms with E-state index in [1.54, 1.807) is 0 Å². The van der Waals surface area contributed by atoms with Gasteiger partial charge in [0.15, 0.2) is 0 Å². The van der Waals surface area contributed by atoms with Crippen LogP contribution >= 0.6 is 16.5 Å². The molecule has 7 heteroatoms. The van der Waals surface area contributed by atoms with Crippen molar-refractivity contribution >= 4 is 22.5 Å². The maximum atomic E-state index is 11.6. The molecule has 0 unspecified atom stereocenters. The minimum atomic E-state index is -1.31. The number of carbonyl (C=O) groups excluding carboxylic acids is 1. The monoisotopic (exact) mass is 536 g/mol. The van der Waals surface area contributed by atoms with Gasteiger partial charge < -0.3 is 0 Å². The number of aliphatic hydroxyl groups excluding tert-OH is 1. The molecule has 0 spiro atoms. The van der Waals surface area contributed by atoms with Gasteiger partial charge in [-0.05, 0) is 0 Å². The molecule has 3 atom stereocenters. The number of rotatable bonds is 2. The van der Waals surface area contributed by atoms with Crippen molar-refractivity contribution in [3.63, 3.8) is 0 Å². The van der Waals surface area contributed by atoms with E-state index < -0.39 is 22.6 Å². The normalized spacial score (nSPS) is 37.0. The van der Waals surface area contributed by atoms with Crippen LogP contribution in [0, 0.1) is 5.92 Å². The standard InChI is InChI=1S/C15H24I2NO4/c1-11-9-12(2)15(22-17-16-18-17)13(19)7-5-3-4-6-8-14(20)21-10-11/h5,7,9,12-13,15,18-19H,3-4,6,8,10H2,1-2H3/q-1/b7-5+,11-9-/t12-,13+,15+/m1/s1. The van der Waals surface area contributed by atoms with Gasteiger partial charge in [-0.15, -0.1) is 0 Å². The third-order valence-corrected chi connectivity index (χ3v) is 11.5. The first-order valence-corrected chi connectivity index (χ1v) is 16.8. The molecular formula is C15H24I2NO4-.